The molecule has 0 unspecified atom stereocenters. The standard InChI is InChI=1S/C25H17N3O3/c1-4-23(29)30-22-12-10-16(18-7-5-6-8-19(18)22)9-11-21-20(15-28)24(17(13-26)14-27)31-25(21,2)3/h4-12H,1H2,2-3H3. The molecule has 6 heteroatoms. The number of nitrogens with zero attached hydrogens (tertiary/aromatic N) is 3. The van der Waals surface area contributed by atoms with Gasteiger partial charge >= 0.3 is 5.97 Å². The minimum atomic E-state index is -0.898. The van der Waals surface area contributed by atoms with Crippen LogP contribution in [0.3, 0.4) is 0 Å². The summed E-state index contributed by atoms with van der Waals surface area (Å²) in [5, 5.41) is 29.6. The van der Waals surface area contributed by atoms with Crippen molar-refractivity contribution in [2.75, 3.05) is 0 Å². The van der Waals surface area contributed by atoms with Gasteiger partial charge in [0, 0.05) is 17.0 Å². The molecule has 1 heterocycles. The van der Waals surface area contributed by atoms with Gasteiger partial charge in [0.1, 0.15) is 35.1 Å². The van der Waals surface area contributed by atoms with E-state index in [0.29, 0.717) is 11.3 Å². The predicted octanol–water partition coefficient (Wildman–Crippen LogP) is 4.87. The molecule has 0 amide bonds. The molecule has 1 aliphatic heterocycles. The molecule has 0 saturated heterocycles. The van der Waals surface area contributed by atoms with E-state index in [0.717, 1.165) is 22.4 Å². The van der Waals surface area contributed by atoms with Crippen molar-refractivity contribution in [3.63, 3.8) is 0 Å². The Morgan fingerprint density at radius 2 is 1.74 bits per heavy atom. The van der Waals surface area contributed by atoms with Gasteiger partial charge in [-0.15, -0.1) is 0 Å². The van der Waals surface area contributed by atoms with Crippen molar-refractivity contribution < 1.29 is 14.3 Å². The molecule has 0 atom stereocenters. The van der Waals surface area contributed by atoms with E-state index in [9.17, 15) is 20.6 Å². The lowest BCUT2D eigenvalue weighted by molar-refractivity contribution is -0.128. The highest BCUT2D eigenvalue weighted by Crippen LogP contribution is 2.40. The van der Waals surface area contributed by atoms with Gasteiger partial charge in [-0.3, -0.25) is 0 Å². The van der Waals surface area contributed by atoms with Crippen LogP contribution in [0, 0.1) is 34.0 Å². The Bertz CT molecular complexity index is 1310. The first-order chi connectivity index (χ1) is 14.9. The highest BCUT2D eigenvalue weighted by Gasteiger charge is 2.38. The summed E-state index contributed by atoms with van der Waals surface area (Å²) in [6.07, 6.45) is 4.66. The maximum atomic E-state index is 11.6. The zero-order valence-corrected chi connectivity index (χ0v) is 17.0. The van der Waals surface area contributed by atoms with E-state index in [2.05, 4.69) is 12.6 Å². The lowest BCUT2D eigenvalue weighted by Crippen LogP contribution is -2.20. The first kappa shape index (κ1) is 21.1. The van der Waals surface area contributed by atoms with Crippen LogP contribution in [0.25, 0.3) is 16.8 Å². The number of hydrogen-bond acceptors (Lipinski definition) is 6. The zero-order valence-electron chi connectivity index (χ0n) is 17.0. The molecule has 2 aromatic rings. The van der Waals surface area contributed by atoms with E-state index in [1.807, 2.05) is 30.3 Å². The van der Waals surface area contributed by atoms with Crippen LogP contribution >= 0.6 is 0 Å². The number of rotatable bonds is 4. The maximum absolute atomic E-state index is 11.6. The van der Waals surface area contributed by atoms with Gasteiger partial charge in [0.15, 0.2) is 11.3 Å². The number of benzene rings is 2. The quantitative estimate of drug-likeness (QED) is 0.310. The van der Waals surface area contributed by atoms with Gasteiger partial charge in [-0.1, -0.05) is 49.1 Å². The molecule has 150 valence electrons. The topological polar surface area (TPSA) is 107 Å². The summed E-state index contributed by atoms with van der Waals surface area (Å²) in [7, 11) is 0. The maximum Gasteiger partial charge on any atom is 0.335 e. The van der Waals surface area contributed by atoms with Gasteiger partial charge in [0.05, 0.1) is 0 Å². The Morgan fingerprint density at radius 1 is 1.06 bits per heavy atom. The third-order valence-electron chi connectivity index (χ3n) is 4.79. The van der Waals surface area contributed by atoms with E-state index in [1.165, 1.54) is 0 Å². The van der Waals surface area contributed by atoms with Crippen molar-refractivity contribution in [2.24, 2.45) is 0 Å². The Kier molecular flexibility index (Phi) is 5.73. The first-order valence-electron chi connectivity index (χ1n) is 9.29. The van der Waals surface area contributed by atoms with Crippen LogP contribution in [0.15, 0.2) is 77.6 Å². The number of allylic oxidation sites excluding steroid dienone is 2. The molecule has 0 aliphatic carbocycles. The second-order valence-corrected chi connectivity index (χ2v) is 7.10. The molecule has 3 rings (SSSR count). The number of esters is 1. The fourth-order valence-electron chi connectivity index (χ4n) is 3.33. The Hall–Kier alpha value is -4.60. The van der Waals surface area contributed by atoms with Crippen molar-refractivity contribution in [1.29, 1.82) is 15.8 Å². The normalized spacial score (nSPS) is 14.5. The van der Waals surface area contributed by atoms with Crippen LogP contribution in [0.1, 0.15) is 19.4 Å². The molecule has 1 aliphatic rings. The summed E-state index contributed by atoms with van der Waals surface area (Å²) in [6, 6.07) is 16.5. The van der Waals surface area contributed by atoms with Gasteiger partial charge < -0.3 is 9.47 Å². The van der Waals surface area contributed by atoms with Crippen molar-refractivity contribution in [1.82, 2.24) is 0 Å². The summed E-state index contributed by atoms with van der Waals surface area (Å²) in [6.45, 7) is 6.94. The Labute approximate surface area is 179 Å². The predicted molar refractivity (Wildman–Crippen MR) is 115 cm³/mol. The lowest BCUT2D eigenvalue weighted by Gasteiger charge is -2.20. The monoisotopic (exact) mass is 407 g/mol. The van der Waals surface area contributed by atoms with E-state index in [1.54, 1.807) is 44.2 Å². The molecular weight excluding hydrogens is 390 g/mol. The second-order valence-electron chi connectivity index (χ2n) is 7.10. The summed E-state index contributed by atoms with van der Waals surface area (Å²) in [5.74, 6) is -0.141. The van der Waals surface area contributed by atoms with Crippen LogP contribution in [-0.2, 0) is 9.53 Å². The summed E-state index contributed by atoms with van der Waals surface area (Å²) >= 11 is 0. The van der Waals surface area contributed by atoms with Crippen molar-refractivity contribution in [2.45, 2.75) is 19.4 Å². The Balaban J connectivity index is 2.13. The number of carbonyl (C=O) groups is 1. The summed E-state index contributed by atoms with van der Waals surface area (Å²) in [5.41, 5.74) is 0.393. The number of hydrogen-bond donors (Lipinski definition) is 0. The molecule has 2 aromatic carbocycles. The second kappa shape index (κ2) is 8.41. The molecule has 0 radical (unpaired) electrons. The molecule has 0 fully saturated rings. The highest BCUT2D eigenvalue weighted by molar-refractivity contribution is 5.97. The number of nitriles is 3. The van der Waals surface area contributed by atoms with E-state index < -0.39 is 11.6 Å². The molecule has 0 bridgehead atoms. The van der Waals surface area contributed by atoms with Gasteiger partial charge in [0.2, 0.25) is 0 Å². The van der Waals surface area contributed by atoms with Gasteiger partial charge in [-0.05, 0) is 30.9 Å². The van der Waals surface area contributed by atoms with Gasteiger partial charge in [-0.25, -0.2) is 4.79 Å². The number of carbonyl (C=O) groups excluding carboxylic acids is 1. The van der Waals surface area contributed by atoms with Crippen molar-refractivity contribution in [3.05, 3.63) is 83.2 Å². The molecule has 6 nitrogen and oxygen atoms in total. The molecule has 0 N–H and O–H groups in total. The average molecular weight is 407 g/mol. The minimum Gasteiger partial charge on any atom is -0.480 e. The fraction of sp³-hybridized carbons (Fsp3) is 0.120. The first-order valence-corrected chi connectivity index (χ1v) is 9.29. The SMILES string of the molecule is C=CC(=O)Oc1ccc(C=CC2=C(C#N)C(=C(C#N)C#N)OC2(C)C)c2ccccc12. The minimum absolute atomic E-state index is 0.00584. The van der Waals surface area contributed by atoms with Crippen molar-refractivity contribution in [3.8, 4) is 24.0 Å². The van der Waals surface area contributed by atoms with E-state index in [4.69, 9.17) is 9.47 Å². The molecular formula is C25H17N3O3. The number of ether oxygens (including phenoxy) is 2. The summed E-state index contributed by atoms with van der Waals surface area (Å²) in [4.78, 5) is 11.6. The highest BCUT2D eigenvalue weighted by atomic mass is 16.5. The third-order valence-corrected chi connectivity index (χ3v) is 4.79. The summed E-state index contributed by atoms with van der Waals surface area (Å²) < 4.78 is 11.1. The third kappa shape index (κ3) is 3.94. The van der Waals surface area contributed by atoms with Gasteiger partial charge in [-0.2, -0.15) is 15.8 Å². The lowest BCUT2D eigenvalue weighted by atomic mass is 9.93. The molecule has 0 aromatic heterocycles. The number of fused-ring (bicyclic) bond motifs is 1. The largest absolute Gasteiger partial charge is 0.480 e. The van der Waals surface area contributed by atoms with Crippen LogP contribution in [-0.4, -0.2) is 11.6 Å². The van der Waals surface area contributed by atoms with Crippen molar-refractivity contribution >= 4 is 22.8 Å². The fourth-order valence-corrected chi connectivity index (χ4v) is 3.33. The Morgan fingerprint density at radius 3 is 2.35 bits per heavy atom. The average Bonchev–Trinajstić information content (AvgIpc) is 3.03. The molecule has 0 spiro atoms. The molecule has 31 heavy (non-hydrogen) atoms. The van der Waals surface area contributed by atoms with Gasteiger partial charge in [0.25, 0.3) is 0 Å². The van der Waals surface area contributed by atoms with Crippen LogP contribution in [0.2, 0.25) is 0 Å². The van der Waals surface area contributed by atoms with Crippen LogP contribution in [0.4, 0.5) is 0 Å². The van der Waals surface area contributed by atoms with Crippen LogP contribution < -0.4 is 4.74 Å². The van der Waals surface area contributed by atoms with E-state index >= 15 is 0 Å². The smallest absolute Gasteiger partial charge is 0.335 e. The van der Waals surface area contributed by atoms with E-state index in [-0.39, 0.29) is 16.9 Å². The molecule has 0 saturated carbocycles. The van der Waals surface area contributed by atoms with Crippen LogP contribution in [0.5, 0.6) is 5.75 Å². The zero-order chi connectivity index (χ0) is 22.6.